The molecular formula is C17H28N2. The molecule has 1 N–H and O–H groups in total. The lowest BCUT2D eigenvalue weighted by Gasteiger charge is -2.28. The first-order valence-corrected chi connectivity index (χ1v) is 7.86. The molecule has 1 saturated carbocycles. The van der Waals surface area contributed by atoms with Crippen LogP contribution in [-0.2, 0) is 13.1 Å². The van der Waals surface area contributed by atoms with Crippen molar-refractivity contribution in [1.82, 2.24) is 10.2 Å². The van der Waals surface area contributed by atoms with Crippen molar-refractivity contribution in [3.8, 4) is 0 Å². The maximum Gasteiger partial charge on any atom is 0.0239 e. The fourth-order valence-electron chi connectivity index (χ4n) is 3.13. The lowest BCUT2D eigenvalue weighted by atomic mass is 10.1. The molecule has 0 saturated heterocycles. The number of hydrogen-bond donors (Lipinski definition) is 1. The highest BCUT2D eigenvalue weighted by atomic mass is 15.1. The summed E-state index contributed by atoms with van der Waals surface area (Å²) in [5.74, 6) is 0. The number of rotatable bonds is 7. The maximum atomic E-state index is 3.45. The van der Waals surface area contributed by atoms with Crippen LogP contribution in [0.3, 0.4) is 0 Å². The highest BCUT2D eigenvalue weighted by Gasteiger charge is 2.21. The highest BCUT2D eigenvalue weighted by molar-refractivity contribution is 5.27. The lowest BCUT2D eigenvalue weighted by Crippen LogP contribution is -2.33. The van der Waals surface area contributed by atoms with Crippen molar-refractivity contribution in [3.05, 3.63) is 35.4 Å². The van der Waals surface area contributed by atoms with E-state index in [4.69, 9.17) is 0 Å². The molecule has 0 aromatic heterocycles. The molecule has 2 nitrogen and oxygen atoms in total. The van der Waals surface area contributed by atoms with Crippen LogP contribution in [0.1, 0.15) is 50.7 Å². The summed E-state index contributed by atoms with van der Waals surface area (Å²) in [6.07, 6.45) is 5.62. The van der Waals surface area contributed by atoms with Gasteiger partial charge in [0.1, 0.15) is 0 Å². The summed E-state index contributed by atoms with van der Waals surface area (Å²) in [4.78, 5) is 2.66. The molecule has 0 atom stereocenters. The molecule has 106 valence electrons. The van der Waals surface area contributed by atoms with Gasteiger partial charge in [0.2, 0.25) is 0 Å². The molecule has 2 rings (SSSR count). The van der Waals surface area contributed by atoms with Crippen LogP contribution >= 0.6 is 0 Å². The van der Waals surface area contributed by atoms with Crippen molar-refractivity contribution in [2.24, 2.45) is 0 Å². The smallest absolute Gasteiger partial charge is 0.0239 e. The molecule has 0 unspecified atom stereocenters. The van der Waals surface area contributed by atoms with Gasteiger partial charge < -0.3 is 5.32 Å². The number of hydrogen-bond acceptors (Lipinski definition) is 2. The van der Waals surface area contributed by atoms with Crippen LogP contribution in [0, 0.1) is 0 Å². The SMILES string of the molecule is CCNCc1ccccc1CN(CC)C1CCCC1. The molecule has 1 aromatic carbocycles. The predicted molar refractivity (Wildman–Crippen MR) is 82.2 cm³/mol. The van der Waals surface area contributed by atoms with E-state index >= 15 is 0 Å². The zero-order valence-corrected chi connectivity index (χ0v) is 12.5. The number of benzene rings is 1. The molecule has 1 aromatic rings. The molecule has 19 heavy (non-hydrogen) atoms. The van der Waals surface area contributed by atoms with E-state index in [1.807, 2.05) is 0 Å². The van der Waals surface area contributed by atoms with Crippen LogP contribution in [0.15, 0.2) is 24.3 Å². The third-order valence-electron chi connectivity index (χ3n) is 4.30. The standard InChI is InChI=1S/C17H28N2/c1-3-18-13-15-9-5-6-10-16(15)14-19(4-2)17-11-7-8-12-17/h5-6,9-10,17-18H,3-4,7-8,11-14H2,1-2H3. The second kappa shape index (κ2) is 7.66. The molecule has 1 fully saturated rings. The van der Waals surface area contributed by atoms with E-state index in [1.165, 1.54) is 43.4 Å². The van der Waals surface area contributed by atoms with Crippen molar-refractivity contribution >= 4 is 0 Å². The average Bonchev–Trinajstić information content (AvgIpc) is 2.97. The molecule has 2 heteroatoms. The summed E-state index contributed by atoms with van der Waals surface area (Å²) in [7, 11) is 0. The minimum Gasteiger partial charge on any atom is -0.313 e. The second-order valence-corrected chi connectivity index (χ2v) is 5.55. The summed E-state index contributed by atoms with van der Waals surface area (Å²) in [5, 5.41) is 3.45. The first-order chi connectivity index (χ1) is 9.35. The van der Waals surface area contributed by atoms with Gasteiger partial charge in [-0.3, -0.25) is 4.90 Å². The van der Waals surface area contributed by atoms with Gasteiger partial charge in [0, 0.05) is 19.1 Å². The topological polar surface area (TPSA) is 15.3 Å². The van der Waals surface area contributed by atoms with E-state index in [0.717, 1.165) is 25.7 Å². The van der Waals surface area contributed by atoms with Gasteiger partial charge in [-0.1, -0.05) is 51.0 Å². The van der Waals surface area contributed by atoms with Crippen LogP contribution in [0.5, 0.6) is 0 Å². The molecule has 0 spiro atoms. The minimum atomic E-state index is 0.817. The summed E-state index contributed by atoms with van der Waals surface area (Å²) in [6.45, 7) is 8.77. The molecule has 0 bridgehead atoms. The molecule has 0 heterocycles. The summed E-state index contributed by atoms with van der Waals surface area (Å²) in [5.41, 5.74) is 2.96. The Balaban J connectivity index is 2.03. The summed E-state index contributed by atoms with van der Waals surface area (Å²) >= 11 is 0. The average molecular weight is 260 g/mol. The van der Waals surface area contributed by atoms with Crippen molar-refractivity contribution < 1.29 is 0 Å². The van der Waals surface area contributed by atoms with Crippen LogP contribution in [-0.4, -0.2) is 24.0 Å². The number of nitrogens with one attached hydrogen (secondary N) is 1. The molecule has 1 aliphatic rings. The van der Waals surface area contributed by atoms with Crippen molar-refractivity contribution in [1.29, 1.82) is 0 Å². The van der Waals surface area contributed by atoms with Crippen LogP contribution in [0.2, 0.25) is 0 Å². The van der Waals surface area contributed by atoms with Gasteiger partial charge >= 0.3 is 0 Å². The van der Waals surface area contributed by atoms with Crippen LogP contribution in [0.25, 0.3) is 0 Å². The van der Waals surface area contributed by atoms with Gasteiger partial charge in [-0.25, -0.2) is 0 Å². The van der Waals surface area contributed by atoms with Crippen molar-refractivity contribution in [2.45, 2.75) is 58.7 Å². The zero-order valence-electron chi connectivity index (χ0n) is 12.5. The van der Waals surface area contributed by atoms with E-state index < -0.39 is 0 Å². The van der Waals surface area contributed by atoms with Crippen molar-refractivity contribution in [3.63, 3.8) is 0 Å². The Kier molecular flexibility index (Phi) is 5.87. The second-order valence-electron chi connectivity index (χ2n) is 5.55. The minimum absolute atomic E-state index is 0.817. The van der Waals surface area contributed by atoms with Gasteiger partial charge in [-0.2, -0.15) is 0 Å². The molecule has 0 amide bonds. The van der Waals surface area contributed by atoms with Crippen molar-refractivity contribution in [2.75, 3.05) is 13.1 Å². The van der Waals surface area contributed by atoms with Gasteiger partial charge in [0.15, 0.2) is 0 Å². The normalized spacial score (nSPS) is 16.4. The van der Waals surface area contributed by atoms with E-state index in [-0.39, 0.29) is 0 Å². The molecule has 1 aliphatic carbocycles. The first-order valence-electron chi connectivity index (χ1n) is 7.86. The molecule has 0 radical (unpaired) electrons. The Morgan fingerprint density at radius 1 is 1.11 bits per heavy atom. The monoisotopic (exact) mass is 260 g/mol. The predicted octanol–water partition coefficient (Wildman–Crippen LogP) is 3.56. The number of nitrogens with zero attached hydrogens (tertiary/aromatic N) is 1. The molecule has 0 aliphatic heterocycles. The van der Waals surface area contributed by atoms with Gasteiger partial charge in [0.05, 0.1) is 0 Å². The van der Waals surface area contributed by atoms with Gasteiger partial charge in [0.25, 0.3) is 0 Å². The molecular weight excluding hydrogens is 232 g/mol. The van der Waals surface area contributed by atoms with E-state index in [0.29, 0.717) is 0 Å². The third kappa shape index (κ3) is 4.05. The fraction of sp³-hybridized carbons (Fsp3) is 0.647. The Morgan fingerprint density at radius 3 is 2.42 bits per heavy atom. The van der Waals surface area contributed by atoms with E-state index in [9.17, 15) is 0 Å². The Morgan fingerprint density at radius 2 is 1.79 bits per heavy atom. The Bertz CT molecular complexity index is 369. The van der Waals surface area contributed by atoms with E-state index in [2.05, 4.69) is 48.3 Å². The quantitative estimate of drug-likeness (QED) is 0.806. The Hall–Kier alpha value is -0.860. The van der Waals surface area contributed by atoms with Gasteiger partial charge in [-0.05, 0) is 37.1 Å². The van der Waals surface area contributed by atoms with E-state index in [1.54, 1.807) is 0 Å². The highest BCUT2D eigenvalue weighted by Crippen LogP contribution is 2.25. The van der Waals surface area contributed by atoms with Crippen LogP contribution < -0.4 is 5.32 Å². The lowest BCUT2D eigenvalue weighted by molar-refractivity contribution is 0.199. The maximum absolute atomic E-state index is 3.45. The van der Waals surface area contributed by atoms with Gasteiger partial charge in [-0.15, -0.1) is 0 Å². The Labute approximate surface area is 118 Å². The largest absolute Gasteiger partial charge is 0.313 e. The zero-order chi connectivity index (χ0) is 13.5. The van der Waals surface area contributed by atoms with Crippen LogP contribution in [0.4, 0.5) is 0 Å². The first kappa shape index (κ1) is 14.5. The fourth-order valence-corrected chi connectivity index (χ4v) is 3.13. The summed E-state index contributed by atoms with van der Waals surface area (Å²) < 4.78 is 0. The summed E-state index contributed by atoms with van der Waals surface area (Å²) in [6, 6.07) is 9.71. The third-order valence-corrected chi connectivity index (χ3v) is 4.30.